The molecule has 19 heavy (non-hydrogen) atoms. The van der Waals surface area contributed by atoms with Gasteiger partial charge in [-0.25, -0.2) is 0 Å². The molecule has 0 aromatic heterocycles. The van der Waals surface area contributed by atoms with Crippen LogP contribution in [-0.4, -0.2) is 34.7 Å². The third kappa shape index (κ3) is 3.92. The molecule has 0 atom stereocenters. The third-order valence-corrected chi connectivity index (χ3v) is 2.96. The predicted octanol–water partition coefficient (Wildman–Crippen LogP) is 2.99. The molecule has 0 saturated heterocycles. The Morgan fingerprint density at radius 2 is 2.11 bits per heavy atom. The third-order valence-electron chi connectivity index (χ3n) is 2.79. The molecule has 0 aliphatic rings. The van der Waals surface area contributed by atoms with Gasteiger partial charge < -0.3 is 4.90 Å². The summed E-state index contributed by atoms with van der Waals surface area (Å²) < 4.78 is 0. The lowest BCUT2D eigenvalue weighted by molar-refractivity contribution is -0.384. The fraction of sp³-hybridized carbons (Fsp3) is 0.462. The van der Waals surface area contributed by atoms with Crippen molar-refractivity contribution in [2.24, 2.45) is 0 Å². The number of halogens is 1. The van der Waals surface area contributed by atoms with Crippen molar-refractivity contribution in [2.75, 3.05) is 19.0 Å². The minimum atomic E-state index is -0.468. The van der Waals surface area contributed by atoms with E-state index >= 15 is 0 Å². The van der Waals surface area contributed by atoms with Gasteiger partial charge in [0.1, 0.15) is 0 Å². The summed E-state index contributed by atoms with van der Waals surface area (Å²) >= 11 is 5.69. The number of non-ortho nitro benzene ring substituents is 1. The number of nitro benzene ring substituents is 1. The summed E-state index contributed by atoms with van der Waals surface area (Å²) in [4.78, 5) is 24.2. The maximum Gasteiger partial charge on any atom is 0.269 e. The highest BCUT2D eigenvalue weighted by atomic mass is 35.5. The summed E-state index contributed by atoms with van der Waals surface area (Å²) in [5.41, 5.74) is 1.09. The molecule has 5 nitrogen and oxygen atoms in total. The maximum atomic E-state index is 12.3. The summed E-state index contributed by atoms with van der Waals surface area (Å²) in [5, 5.41) is 10.7. The highest BCUT2D eigenvalue weighted by Crippen LogP contribution is 2.18. The molecule has 1 aromatic carbocycles. The number of carbonyl (C=O) groups excluding carboxylic acids is 1. The van der Waals surface area contributed by atoms with Crippen molar-refractivity contribution in [3.8, 4) is 0 Å². The van der Waals surface area contributed by atoms with Gasteiger partial charge in [-0.2, -0.15) is 0 Å². The first-order valence-corrected chi connectivity index (χ1v) is 6.65. The molecule has 0 aliphatic heterocycles. The van der Waals surface area contributed by atoms with Crippen LogP contribution in [-0.2, 0) is 0 Å². The second kappa shape index (κ2) is 7.09. The molecule has 0 spiro atoms. The fourth-order valence-corrected chi connectivity index (χ4v) is 2.06. The average Bonchev–Trinajstić information content (AvgIpc) is 2.37. The van der Waals surface area contributed by atoms with Crippen LogP contribution in [0.2, 0.25) is 0 Å². The van der Waals surface area contributed by atoms with E-state index in [-0.39, 0.29) is 11.6 Å². The Hall–Kier alpha value is -1.62. The molecule has 104 valence electrons. The maximum absolute atomic E-state index is 12.3. The van der Waals surface area contributed by atoms with Gasteiger partial charge in [-0.1, -0.05) is 6.92 Å². The molecule has 1 rings (SSSR count). The first-order chi connectivity index (χ1) is 9.01. The molecular weight excluding hydrogens is 268 g/mol. The van der Waals surface area contributed by atoms with Crippen LogP contribution in [0.4, 0.5) is 5.69 Å². The molecule has 0 bridgehead atoms. The van der Waals surface area contributed by atoms with Gasteiger partial charge >= 0.3 is 0 Å². The number of aryl methyl sites for hydroxylation is 1. The number of rotatable bonds is 6. The van der Waals surface area contributed by atoms with E-state index in [4.69, 9.17) is 11.6 Å². The van der Waals surface area contributed by atoms with Crippen molar-refractivity contribution >= 4 is 23.2 Å². The Bertz CT molecular complexity index is 471. The zero-order valence-corrected chi connectivity index (χ0v) is 11.8. The van der Waals surface area contributed by atoms with Crippen LogP contribution in [0.25, 0.3) is 0 Å². The van der Waals surface area contributed by atoms with Gasteiger partial charge in [-0.3, -0.25) is 14.9 Å². The van der Waals surface area contributed by atoms with Crippen LogP contribution >= 0.6 is 11.6 Å². The number of hydrogen-bond acceptors (Lipinski definition) is 3. The number of alkyl halides is 1. The Labute approximate surface area is 117 Å². The Kier molecular flexibility index (Phi) is 5.76. The minimum absolute atomic E-state index is 0.00608. The summed E-state index contributed by atoms with van der Waals surface area (Å²) in [7, 11) is 0. The summed E-state index contributed by atoms with van der Waals surface area (Å²) in [6.07, 6.45) is 0.842. The monoisotopic (exact) mass is 284 g/mol. The molecule has 0 unspecified atom stereocenters. The molecule has 0 fully saturated rings. The van der Waals surface area contributed by atoms with Crippen molar-refractivity contribution in [3.63, 3.8) is 0 Å². The SMILES string of the molecule is CCCN(CCCl)C(=O)c1ccc([N+](=O)[O-])cc1C. The van der Waals surface area contributed by atoms with Crippen LogP contribution in [0.1, 0.15) is 29.3 Å². The number of nitrogens with zero attached hydrogens (tertiary/aromatic N) is 2. The highest BCUT2D eigenvalue weighted by molar-refractivity contribution is 6.18. The van der Waals surface area contributed by atoms with E-state index in [1.165, 1.54) is 18.2 Å². The minimum Gasteiger partial charge on any atom is -0.337 e. The van der Waals surface area contributed by atoms with E-state index in [0.29, 0.717) is 30.1 Å². The average molecular weight is 285 g/mol. The lowest BCUT2D eigenvalue weighted by atomic mass is 10.1. The molecule has 0 radical (unpaired) electrons. The van der Waals surface area contributed by atoms with Crippen LogP contribution < -0.4 is 0 Å². The zero-order valence-electron chi connectivity index (χ0n) is 11.1. The topological polar surface area (TPSA) is 63.5 Å². The van der Waals surface area contributed by atoms with Crippen LogP contribution in [0.3, 0.4) is 0 Å². The summed E-state index contributed by atoms with van der Waals surface area (Å²) in [5.74, 6) is 0.243. The van der Waals surface area contributed by atoms with Crippen LogP contribution in [0.5, 0.6) is 0 Å². The second-order valence-electron chi connectivity index (χ2n) is 4.24. The van der Waals surface area contributed by atoms with Gasteiger partial charge in [0, 0.05) is 36.7 Å². The molecule has 0 N–H and O–H groups in total. The molecule has 0 aliphatic carbocycles. The van der Waals surface area contributed by atoms with Gasteiger partial charge in [0.2, 0.25) is 0 Å². The van der Waals surface area contributed by atoms with E-state index < -0.39 is 4.92 Å². The van der Waals surface area contributed by atoms with Gasteiger partial charge in [0.25, 0.3) is 11.6 Å². The van der Waals surface area contributed by atoms with Gasteiger partial charge in [-0.15, -0.1) is 11.6 Å². The van der Waals surface area contributed by atoms with E-state index in [0.717, 1.165) is 6.42 Å². The van der Waals surface area contributed by atoms with Crippen molar-refractivity contribution < 1.29 is 9.72 Å². The molecular formula is C13H17ClN2O3. The number of carbonyl (C=O) groups is 1. The van der Waals surface area contributed by atoms with Gasteiger partial charge in [0.15, 0.2) is 0 Å². The summed E-state index contributed by atoms with van der Waals surface area (Å²) in [6.45, 7) is 4.79. The molecule has 0 saturated carbocycles. The first-order valence-electron chi connectivity index (χ1n) is 6.11. The smallest absolute Gasteiger partial charge is 0.269 e. The number of nitro groups is 1. The van der Waals surface area contributed by atoms with E-state index in [1.807, 2.05) is 6.92 Å². The Balaban J connectivity index is 3.01. The molecule has 1 amide bonds. The number of benzene rings is 1. The van der Waals surface area contributed by atoms with Gasteiger partial charge in [-0.05, 0) is 25.0 Å². The lowest BCUT2D eigenvalue weighted by Crippen LogP contribution is -2.33. The molecule has 6 heteroatoms. The van der Waals surface area contributed by atoms with Crippen LogP contribution in [0, 0.1) is 17.0 Å². The Morgan fingerprint density at radius 3 is 2.58 bits per heavy atom. The molecule has 0 heterocycles. The van der Waals surface area contributed by atoms with Crippen molar-refractivity contribution in [3.05, 3.63) is 39.4 Å². The van der Waals surface area contributed by atoms with E-state index in [1.54, 1.807) is 11.8 Å². The standard InChI is InChI=1S/C13H17ClN2O3/c1-3-7-15(8-6-14)13(17)12-5-4-11(16(18)19)9-10(12)2/h4-5,9H,3,6-8H2,1-2H3. The largest absolute Gasteiger partial charge is 0.337 e. The molecule has 1 aromatic rings. The van der Waals surface area contributed by atoms with Crippen molar-refractivity contribution in [2.45, 2.75) is 20.3 Å². The van der Waals surface area contributed by atoms with E-state index in [9.17, 15) is 14.9 Å². The normalized spacial score (nSPS) is 10.3. The summed E-state index contributed by atoms with van der Waals surface area (Å²) in [6, 6.07) is 4.27. The van der Waals surface area contributed by atoms with E-state index in [2.05, 4.69) is 0 Å². The van der Waals surface area contributed by atoms with Crippen molar-refractivity contribution in [1.82, 2.24) is 4.90 Å². The quantitative estimate of drug-likeness (QED) is 0.458. The second-order valence-corrected chi connectivity index (χ2v) is 4.62. The van der Waals surface area contributed by atoms with Crippen LogP contribution in [0.15, 0.2) is 18.2 Å². The van der Waals surface area contributed by atoms with Gasteiger partial charge in [0.05, 0.1) is 4.92 Å². The number of hydrogen-bond donors (Lipinski definition) is 0. The first kappa shape index (κ1) is 15.4. The number of amides is 1. The lowest BCUT2D eigenvalue weighted by Gasteiger charge is -2.21. The zero-order chi connectivity index (χ0) is 14.4. The van der Waals surface area contributed by atoms with Crippen molar-refractivity contribution in [1.29, 1.82) is 0 Å². The Morgan fingerprint density at radius 1 is 1.42 bits per heavy atom. The predicted molar refractivity (Wildman–Crippen MR) is 74.7 cm³/mol. The fourth-order valence-electron chi connectivity index (χ4n) is 1.86. The highest BCUT2D eigenvalue weighted by Gasteiger charge is 2.18.